The molecule has 1 saturated heterocycles. The molecule has 1 fully saturated rings. The van der Waals surface area contributed by atoms with Gasteiger partial charge >= 0.3 is 6.18 Å². The van der Waals surface area contributed by atoms with Crippen molar-refractivity contribution in [1.29, 1.82) is 0 Å². The number of hydrogen-bond acceptors (Lipinski definition) is 3. The van der Waals surface area contributed by atoms with Gasteiger partial charge in [0.15, 0.2) is 0 Å². The van der Waals surface area contributed by atoms with E-state index in [4.69, 9.17) is 0 Å². The number of aromatic nitrogens is 1. The Kier molecular flexibility index (Phi) is 4.15. The zero-order valence-electron chi connectivity index (χ0n) is 11.1. The van der Waals surface area contributed by atoms with Crippen LogP contribution >= 0.6 is 0 Å². The van der Waals surface area contributed by atoms with Crippen LogP contribution in [0.25, 0.3) is 0 Å². The summed E-state index contributed by atoms with van der Waals surface area (Å²) < 4.78 is 37.9. The summed E-state index contributed by atoms with van der Waals surface area (Å²) in [5.74, 6) is -0.123. The lowest BCUT2D eigenvalue weighted by atomic mass is 10.0. The van der Waals surface area contributed by atoms with Gasteiger partial charge in [-0.2, -0.15) is 13.2 Å². The highest BCUT2D eigenvalue weighted by Crippen LogP contribution is 2.30. The third-order valence-electron chi connectivity index (χ3n) is 3.23. The van der Waals surface area contributed by atoms with E-state index in [9.17, 15) is 18.0 Å². The number of anilines is 1. The Morgan fingerprint density at radius 1 is 1.50 bits per heavy atom. The van der Waals surface area contributed by atoms with E-state index in [-0.39, 0.29) is 11.9 Å². The molecule has 1 N–H and O–H groups in total. The molecule has 0 aromatic carbocycles. The van der Waals surface area contributed by atoms with Gasteiger partial charge < -0.3 is 10.2 Å². The number of nitrogens with one attached hydrogen (secondary N) is 1. The van der Waals surface area contributed by atoms with E-state index >= 15 is 0 Å². The lowest BCUT2D eigenvalue weighted by Crippen LogP contribution is -2.47. The van der Waals surface area contributed by atoms with Crippen LogP contribution in [0, 0.1) is 0 Å². The number of hydrogen-bond donors (Lipinski definition) is 1. The fraction of sp³-hybridized carbons (Fsp3) is 0.538. The largest absolute Gasteiger partial charge is 0.433 e. The topological polar surface area (TPSA) is 45.2 Å². The maximum Gasteiger partial charge on any atom is 0.433 e. The smallest absolute Gasteiger partial charge is 0.369 e. The van der Waals surface area contributed by atoms with Crippen LogP contribution < -0.4 is 10.2 Å². The summed E-state index contributed by atoms with van der Waals surface area (Å²) in [6.07, 6.45) is -1.61. The van der Waals surface area contributed by atoms with E-state index in [0.717, 1.165) is 18.9 Å². The molecule has 1 aromatic heterocycles. The van der Waals surface area contributed by atoms with E-state index in [2.05, 4.69) is 10.3 Å². The molecule has 1 aromatic rings. The lowest BCUT2D eigenvalue weighted by Gasteiger charge is -2.34. The second-order valence-electron chi connectivity index (χ2n) is 4.88. The average Bonchev–Trinajstić information content (AvgIpc) is 2.37. The minimum absolute atomic E-state index is 0.0243. The van der Waals surface area contributed by atoms with Crippen molar-refractivity contribution < 1.29 is 18.0 Å². The number of rotatable bonds is 2. The average molecular weight is 287 g/mol. The molecule has 2 rings (SSSR count). The Morgan fingerprint density at radius 2 is 2.25 bits per heavy atom. The van der Waals surface area contributed by atoms with Crippen LogP contribution in [0.4, 0.5) is 18.9 Å². The van der Waals surface area contributed by atoms with Crippen molar-refractivity contribution in [3.05, 3.63) is 24.0 Å². The van der Waals surface area contributed by atoms with Crippen LogP contribution in [0.3, 0.4) is 0 Å². The molecule has 20 heavy (non-hydrogen) atoms. The third-order valence-corrected chi connectivity index (χ3v) is 3.23. The molecular formula is C13H16F3N3O. The predicted molar refractivity (Wildman–Crippen MR) is 68.3 cm³/mol. The predicted octanol–water partition coefficient (Wildman–Crippen LogP) is 2.21. The molecule has 110 valence electrons. The number of halogens is 3. The molecule has 0 spiro atoms. The summed E-state index contributed by atoms with van der Waals surface area (Å²) in [6.45, 7) is 2.63. The standard InChI is InChI=1S/C13H16F3N3O/c1-9(20)18-10-3-2-6-19(8-10)11-4-5-17-12(7-11)13(14,15)16/h4-5,7,10H,2-3,6,8H2,1H3,(H,18,20). The Hall–Kier alpha value is -1.79. The van der Waals surface area contributed by atoms with E-state index in [1.165, 1.54) is 13.1 Å². The molecule has 0 radical (unpaired) electrons. The highest BCUT2D eigenvalue weighted by molar-refractivity contribution is 5.73. The monoisotopic (exact) mass is 287 g/mol. The molecular weight excluding hydrogens is 271 g/mol. The number of carbonyl (C=O) groups excluding carboxylic acids is 1. The summed E-state index contributed by atoms with van der Waals surface area (Å²) in [5.41, 5.74) is -0.404. The van der Waals surface area contributed by atoms with Crippen LogP contribution in [0.2, 0.25) is 0 Å². The van der Waals surface area contributed by atoms with Crippen LogP contribution in [0.1, 0.15) is 25.5 Å². The Bertz CT molecular complexity index is 490. The number of carbonyl (C=O) groups is 1. The number of pyridine rings is 1. The molecule has 7 heteroatoms. The quantitative estimate of drug-likeness (QED) is 0.907. The highest BCUT2D eigenvalue weighted by Gasteiger charge is 2.33. The van der Waals surface area contributed by atoms with Gasteiger partial charge in [0.25, 0.3) is 0 Å². The molecule has 1 unspecified atom stereocenters. The Balaban J connectivity index is 2.13. The second-order valence-corrected chi connectivity index (χ2v) is 4.88. The van der Waals surface area contributed by atoms with E-state index in [1.54, 1.807) is 6.07 Å². The number of nitrogens with zero attached hydrogens (tertiary/aromatic N) is 2. The van der Waals surface area contributed by atoms with Crippen LogP contribution in [0.5, 0.6) is 0 Å². The van der Waals surface area contributed by atoms with Crippen molar-refractivity contribution in [1.82, 2.24) is 10.3 Å². The van der Waals surface area contributed by atoms with Crippen LogP contribution in [0.15, 0.2) is 18.3 Å². The van der Waals surface area contributed by atoms with Gasteiger partial charge in [0.2, 0.25) is 5.91 Å². The van der Waals surface area contributed by atoms with Crippen molar-refractivity contribution in [2.45, 2.75) is 32.0 Å². The summed E-state index contributed by atoms with van der Waals surface area (Å²) >= 11 is 0. The Labute approximate surface area is 115 Å². The van der Waals surface area contributed by atoms with Gasteiger partial charge in [-0.05, 0) is 25.0 Å². The van der Waals surface area contributed by atoms with Crippen molar-refractivity contribution in [3.8, 4) is 0 Å². The SMILES string of the molecule is CC(=O)NC1CCCN(c2ccnc(C(F)(F)F)c2)C1. The van der Waals surface area contributed by atoms with Crippen molar-refractivity contribution in [3.63, 3.8) is 0 Å². The van der Waals surface area contributed by atoms with Gasteiger partial charge in [-0.15, -0.1) is 0 Å². The molecule has 1 amide bonds. The van der Waals surface area contributed by atoms with Gasteiger partial charge in [0.05, 0.1) is 0 Å². The third kappa shape index (κ3) is 3.61. The van der Waals surface area contributed by atoms with E-state index in [0.29, 0.717) is 18.8 Å². The van der Waals surface area contributed by atoms with E-state index in [1.807, 2.05) is 4.90 Å². The summed E-state index contributed by atoms with van der Waals surface area (Å²) in [5, 5.41) is 2.81. The lowest BCUT2D eigenvalue weighted by molar-refractivity contribution is -0.141. The molecule has 1 aliphatic heterocycles. The normalized spacial score (nSPS) is 19.8. The molecule has 2 heterocycles. The zero-order chi connectivity index (χ0) is 14.8. The van der Waals surface area contributed by atoms with Gasteiger partial charge in [-0.1, -0.05) is 0 Å². The number of piperidine rings is 1. The fourth-order valence-corrected chi connectivity index (χ4v) is 2.39. The maximum absolute atomic E-state index is 12.6. The first-order chi connectivity index (χ1) is 9.36. The van der Waals surface area contributed by atoms with Gasteiger partial charge in [-0.3, -0.25) is 9.78 Å². The van der Waals surface area contributed by atoms with Crippen molar-refractivity contribution >= 4 is 11.6 Å². The maximum atomic E-state index is 12.6. The summed E-state index contributed by atoms with van der Waals surface area (Å²) in [7, 11) is 0. The van der Waals surface area contributed by atoms with Crippen LogP contribution in [-0.4, -0.2) is 30.0 Å². The first-order valence-corrected chi connectivity index (χ1v) is 6.41. The van der Waals surface area contributed by atoms with Gasteiger partial charge in [0.1, 0.15) is 5.69 Å². The van der Waals surface area contributed by atoms with Crippen LogP contribution in [-0.2, 0) is 11.0 Å². The molecule has 0 aliphatic carbocycles. The first kappa shape index (κ1) is 14.6. The summed E-state index contributed by atoms with van der Waals surface area (Å²) in [4.78, 5) is 16.3. The first-order valence-electron chi connectivity index (χ1n) is 6.41. The van der Waals surface area contributed by atoms with Gasteiger partial charge in [0, 0.05) is 37.9 Å². The minimum atomic E-state index is -4.44. The number of alkyl halides is 3. The molecule has 1 aliphatic rings. The molecule has 0 saturated carbocycles. The number of amides is 1. The van der Waals surface area contributed by atoms with E-state index < -0.39 is 11.9 Å². The fourth-order valence-electron chi connectivity index (χ4n) is 2.39. The molecule has 1 atom stereocenters. The summed E-state index contributed by atoms with van der Waals surface area (Å²) in [6, 6.07) is 2.59. The second kappa shape index (κ2) is 5.68. The molecule has 4 nitrogen and oxygen atoms in total. The Morgan fingerprint density at radius 3 is 2.90 bits per heavy atom. The van der Waals surface area contributed by atoms with Crippen molar-refractivity contribution in [2.24, 2.45) is 0 Å². The zero-order valence-corrected chi connectivity index (χ0v) is 11.1. The molecule has 0 bridgehead atoms. The minimum Gasteiger partial charge on any atom is -0.369 e. The highest BCUT2D eigenvalue weighted by atomic mass is 19.4. The van der Waals surface area contributed by atoms with Crippen molar-refractivity contribution in [2.75, 3.05) is 18.0 Å². The van der Waals surface area contributed by atoms with Gasteiger partial charge in [-0.25, -0.2) is 0 Å².